The van der Waals surface area contributed by atoms with Crippen molar-refractivity contribution < 1.29 is 0 Å². The Hall–Kier alpha value is -6.17. The average Bonchev–Trinajstić information content (AvgIpc) is 3.78. The Balaban J connectivity index is 1.14. The van der Waals surface area contributed by atoms with Crippen LogP contribution in [-0.2, 0) is 10.8 Å². The van der Waals surface area contributed by atoms with E-state index >= 15 is 0 Å². The van der Waals surface area contributed by atoms with Crippen LogP contribution >= 0.6 is 11.3 Å². The van der Waals surface area contributed by atoms with E-state index in [1.54, 1.807) is 0 Å². The van der Waals surface area contributed by atoms with Crippen LogP contribution in [0.5, 0.6) is 0 Å². The molecule has 5 heteroatoms. The topological polar surface area (TPSA) is 43.6 Å². The minimum atomic E-state index is 0.0486. The largest absolute Gasteiger partial charge is 0.309 e. The standard InChI is InChI=1S/C51H40N4S/c1-50(2)28-29-51(3,4)45-40(50)27-26-36-35-17-8-10-21-41(35)55(46(36)45)33-24-25-34-32(30-33)16-12-19-37(34)48-52-47(31-14-6-5-7-15-31)53-49(54-48)39-20-13-23-43-44(39)38-18-9-11-22-42(38)56-43/h5-27,30H,28-29H2,1-4H3. The van der Waals surface area contributed by atoms with E-state index in [1.807, 2.05) is 29.5 Å². The molecule has 0 radical (unpaired) electrons. The van der Waals surface area contributed by atoms with E-state index in [9.17, 15) is 0 Å². The molecule has 0 unspecified atom stereocenters. The van der Waals surface area contributed by atoms with Crippen LogP contribution in [0.15, 0.2) is 146 Å². The fourth-order valence-corrected chi connectivity index (χ4v) is 10.5. The quantitative estimate of drug-likeness (QED) is 0.180. The van der Waals surface area contributed by atoms with Gasteiger partial charge in [-0.1, -0.05) is 143 Å². The molecule has 0 spiro atoms. The normalized spacial score (nSPS) is 14.9. The molecule has 1 aliphatic carbocycles. The fourth-order valence-electron chi connectivity index (χ4n) is 9.36. The highest BCUT2D eigenvalue weighted by Crippen LogP contribution is 2.50. The lowest BCUT2D eigenvalue weighted by atomic mass is 9.62. The maximum absolute atomic E-state index is 5.30. The Kier molecular flexibility index (Phi) is 7.21. The monoisotopic (exact) mass is 740 g/mol. The van der Waals surface area contributed by atoms with E-state index in [-0.39, 0.29) is 10.8 Å². The minimum absolute atomic E-state index is 0.0486. The summed E-state index contributed by atoms with van der Waals surface area (Å²) in [7, 11) is 0. The lowest BCUT2D eigenvalue weighted by Gasteiger charge is -2.42. The molecule has 11 rings (SSSR count). The van der Waals surface area contributed by atoms with Crippen molar-refractivity contribution in [2.45, 2.75) is 51.4 Å². The van der Waals surface area contributed by atoms with Gasteiger partial charge in [0.1, 0.15) is 0 Å². The summed E-state index contributed by atoms with van der Waals surface area (Å²) in [6.45, 7) is 9.69. The lowest BCUT2D eigenvalue weighted by Crippen LogP contribution is -2.34. The van der Waals surface area contributed by atoms with Gasteiger partial charge < -0.3 is 4.57 Å². The highest BCUT2D eigenvalue weighted by molar-refractivity contribution is 7.25. The summed E-state index contributed by atoms with van der Waals surface area (Å²) in [6, 6.07) is 52.4. The molecule has 0 amide bonds. The summed E-state index contributed by atoms with van der Waals surface area (Å²) >= 11 is 1.81. The second-order valence-electron chi connectivity index (χ2n) is 16.7. The van der Waals surface area contributed by atoms with Gasteiger partial charge in [-0.15, -0.1) is 11.3 Å². The first-order valence-corrected chi connectivity index (χ1v) is 20.4. The Labute approximate surface area is 330 Å². The van der Waals surface area contributed by atoms with E-state index in [0.717, 1.165) is 39.6 Å². The van der Waals surface area contributed by atoms with Crippen molar-refractivity contribution in [3.63, 3.8) is 0 Å². The van der Waals surface area contributed by atoms with Gasteiger partial charge in [-0.05, 0) is 75.9 Å². The third kappa shape index (κ3) is 5.00. The van der Waals surface area contributed by atoms with Crippen molar-refractivity contribution in [3.05, 3.63) is 157 Å². The summed E-state index contributed by atoms with van der Waals surface area (Å²) in [5, 5.41) is 7.27. The number of nitrogens with zero attached hydrogens (tertiary/aromatic N) is 4. The lowest BCUT2D eigenvalue weighted by molar-refractivity contribution is 0.334. The van der Waals surface area contributed by atoms with Crippen molar-refractivity contribution in [3.8, 4) is 39.9 Å². The van der Waals surface area contributed by atoms with Crippen LogP contribution < -0.4 is 0 Å². The SMILES string of the molecule is CC1(C)CCC(C)(C)c2c1ccc1c3ccccc3n(-c3ccc4c(-c5nc(-c6ccccc6)nc(-c6cccc7sc8ccccc8c67)n5)cccc4c3)c21. The number of rotatable bonds is 4. The van der Waals surface area contributed by atoms with E-state index in [1.165, 1.54) is 59.5 Å². The molecule has 1 aliphatic rings. The molecule has 0 saturated carbocycles. The maximum atomic E-state index is 5.30. The molecule has 270 valence electrons. The number of para-hydroxylation sites is 1. The Morgan fingerprint density at radius 2 is 1.18 bits per heavy atom. The molecule has 7 aromatic carbocycles. The molecule has 0 bridgehead atoms. The first-order chi connectivity index (χ1) is 27.2. The van der Waals surface area contributed by atoms with Crippen LogP contribution in [0, 0.1) is 0 Å². The smallest absolute Gasteiger partial charge is 0.164 e. The summed E-state index contributed by atoms with van der Waals surface area (Å²) < 4.78 is 5.01. The molecule has 0 N–H and O–H groups in total. The Bertz CT molecular complexity index is 3200. The molecule has 0 atom stereocenters. The molecule has 56 heavy (non-hydrogen) atoms. The molecule has 3 heterocycles. The fraction of sp³-hybridized carbons (Fsp3) is 0.157. The molecule has 4 nitrogen and oxygen atoms in total. The number of thiophene rings is 1. The number of fused-ring (bicyclic) bond motifs is 9. The van der Waals surface area contributed by atoms with Crippen molar-refractivity contribution >= 4 is 64.1 Å². The van der Waals surface area contributed by atoms with Gasteiger partial charge in [0.25, 0.3) is 0 Å². The predicted octanol–water partition coefficient (Wildman–Crippen LogP) is 13.8. The highest BCUT2D eigenvalue weighted by Gasteiger charge is 2.39. The number of hydrogen-bond acceptors (Lipinski definition) is 4. The first-order valence-electron chi connectivity index (χ1n) is 19.6. The maximum Gasteiger partial charge on any atom is 0.164 e. The zero-order valence-electron chi connectivity index (χ0n) is 32.0. The second-order valence-corrected chi connectivity index (χ2v) is 17.7. The Morgan fingerprint density at radius 3 is 2.04 bits per heavy atom. The van der Waals surface area contributed by atoms with E-state index < -0.39 is 0 Å². The molecule has 3 aromatic heterocycles. The number of benzene rings is 7. The van der Waals surface area contributed by atoms with Crippen molar-refractivity contribution in [1.82, 2.24) is 19.5 Å². The summed E-state index contributed by atoms with van der Waals surface area (Å²) in [5.74, 6) is 2.01. The third-order valence-electron chi connectivity index (χ3n) is 12.3. The minimum Gasteiger partial charge on any atom is -0.309 e. The predicted molar refractivity (Wildman–Crippen MR) is 236 cm³/mol. The van der Waals surface area contributed by atoms with Crippen molar-refractivity contribution in [2.75, 3.05) is 0 Å². The van der Waals surface area contributed by atoms with Gasteiger partial charge in [0, 0.05) is 53.3 Å². The highest BCUT2D eigenvalue weighted by atomic mass is 32.1. The third-order valence-corrected chi connectivity index (χ3v) is 13.4. The Morgan fingerprint density at radius 1 is 0.518 bits per heavy atom. The van der Waals surface area contributed by atoms with Crippen LogP contribution in [0.3, 0.4) is 0 Å². The van der Waals surface area contributed by atoms with Gasteiger partial charge in [0.05, 0.1) is 11.0 Å². The zero-order valence-corrected chi connectivity index (χ0v) is 32.8. The zero-order chi connectivity index (χ0) is 37.8. The van der Waals surface area contributed by atoms with E-state index in [4.69, 9.17) is 15.0 Å². The molecular weight excluding hydrogens is 701 g/mol. The molecule has 0 fully saturated rings. The van der Waals surface area contributed by atoms with Crippen LogP contribution in [-0.4, -0.2) is 19.5 Å². The van der Waals surface area contributed by atoms with E-state index in [0.29, 0.717) is 17.5 Å². The van der Waals surface area contributed by atoms with Gasteiger partial charge >= 0.3 is 0 Å². The number of hydrogen-bond donors (Lipinski definition) is 0. The number of aromatic nitrogens is 4. The van der Waals surface area contributed by atoms with Crippen LogP contribution in [0.4, 0.5) is 0 Å². The van der Waals surface area contributed by atoms with Crippen LogP contribution in [0.2, 0.25) is 0 Å². The molecule has 0 saturated heterocycles. The molecular formula is C51H40N4S. The average molecular weight is 741 g/mol. The van der Waals surface area contributed by atoms with Gasteiger partial charge in [-0.3, -0.25) is 0 Å². The summed E-state index contributed by atoms with van der Waals surface area (Å²) in [4.78, 5) is 15.6. The first kappa shape index (κ1) is 33.2. The summed E-state index contributed by atoms with van der Waals surface area (Å²) in [5.41, 5.74) is 9.81. The van der Waals surface area contributed by atoms with Gasteiger partial charge in [0.2, 0.25) is 0 Å². The van der Waals surface area contributed by atoms with Crippen molar-refractivity contribution in [1.29, 1.82) is 0 Å². The van der Waals surface area contributed by atoms with Crippen molar-refractivity contribution in [2.24, 2.45) is 0 Å². The van der Waals surface area contributed by atoms with Gasteiger partial charge in [-0.25, -0.2) is 15.0 Å². The van der Waals surface area contributed by atoms with Crippen LogP contribution in [0.1, 0.15) is 51.7 Å². The van der Waals surface area contributed by atoms with Gasteiger partial charge in [-0.2, -0.15) is 0 Å². The van der Waals surface area contributed by atoms with Crippen LogP contribution in [0.25, 0.3) is 92.6 Å². The van der Waals surface area contributed by atoms with E-state index in [2.05, 4.69) is 160 Å². The molecule has 0 aliphatic heterocycles. The van der Waals surface area contributed by atoms with Gasteiger partial charge in [0.15, 0.2) is 17.5 Å². The molecule has 10 aromatic rings. The summed E-state index contributed by atoms with van der Waals surface area (Å²) in [6.07, 6.45) is 2.34. The second kappa shape index (κ2) is 12.2.